The van der Waals surface area contributed by atoms with Crippen molar-refractivity contribution in [3.63, 3.8) is 0 Å². The number of nitrogens with one attached hydrogen (secondary N) is 2. The van der Waals surface area contributed by atoms with E-state index in [1.165, 1.54) is 6.42 Å². The number of amides is 2. The number of carbonyl (C=O) groups excluding carboxylic acids is 1. The molecule has 2 rings (SSSR count). The Kier molecular flexibility index (Phi) is 10.1. The topological polar surface area (TPSA) is 92.0 Å². The van der Waals surface area contributed by atoms with Crippen LogP contribution in [-0.4, -0.2) is 61.8 Å². The number of hydrogen-bond donors (Lipinski definition) is 3. The Morgan fingerprint density at radius 3 is 2.48 bits per heavy atom. The molecule has 2 amide bonds. The second-order valence-corrected chi connectivity index (χ2v) is 8.52. The molecule has 158 valence electrons. The van der Waals surface area contributed by atoms with Gasteiger partial charge in [-0.1, -0.05) is 20.8 Å². The molecule has 0 bridgehead atoms. The summed E-state index contributed by atoms with van der Waals surface area (Å²) in [5, 5.41) is 6.88. The number of ether oxygens (including phenoxy) is 1. The molecule has 2 heterocycles. The molecular formula is C19H38IN5O2. The van der Waals surface area contributed by atoms with E-state index < -0.39 is 0 Å². The van der Waals surface area contributed by atoms with Crippen LogP contribution < -0.4 is 16.4 Å². The van der Waals surface area contributed by atoms with Gasteiger partial charge in [0, 0.05) is 44.7 Å². The van der Waals surface area contributed by atoms with Gasteiger partial charge in [-0.15, -0.1) is 24.0 Å². The average molecular weight is 495 g/mol. The van der Waals surface area contributed by atoms with Crippen molar-refractivity contribution in [2.75, 3.05) is 32.8 Å². The molecule has 0 radical (unpaired) electrons. The second-order valence-electron chi connectivity index (χ2n) is 8.52. The number of primary amides is 1. The van der Waals surface area contributed by atoms with Crippen LogP contribution in [0, 0.1) is 11.3 Å². The van der Waals surface area contributed by atoms with E-state index in [9.17, 15) is 4.79 Å². The molecule has 2 aliphatic rings. The van der Waals surface area contributed by atoms with Crippen LogP contribution in [0.2, 0.25) is 0 Å². The standard InChI is InChI=1S/C19H37N5O2.HI/c1-5-21-18(23-15-8-10-24(11-9-15)17(20)25)22-13-14-7-6-12-26-16(14)19(2,3)4;/h14-16H,5-13H2,1-4H3,(H2,20,25)(H2,21,22,23);1H. The van der Waals surface area contributed by atoms with Gasteiger partial charge < -0.3 is 26.0 Å². The fraction of sp³-hybridized carbons (Fsp3) is 0.895. The summed E-state index contributed by atoms with van der Waals surface area (Å²) in [6, 6.07) is -0.000960. The number of halogens is 1. The highest BCUT2D eigenvalue weighted by atomic mass is 127. The first kappa shape index (κ1) is 24.3. The number of urea groups is 1. The minimum atomic E-state index is -0.324. The van der Waals surface area contributed by atoms with Crippen LogP contribution in [-0.2, 0) is 4.74 Å². The molecular weight excluding hydrogens is 457 g/mol. The Morgan fingerprint density at radius 1 is 1.26 bits per heavy atom. The van der Waals surface area contributed by atoms with Gasteiger partial charge in [-0.25, -0.2) is 4.79 Å². The zero-order valence-electron chi connectivity index (χ0n) is 17.3. The van der Waals surface area contributed by atoms with Crippen molar-refractivity contribution in [2.24, 2.45) is 22.1 Å². The summed E-state index contributed by atoms with van der Waals surface area (Å²) >= 11 is 0. The first-order chi connectivity index (χ1) is 12.3. The van der Waals surface area contributed by atoms with Crippen molar-refractivity contribution in [2.45, 2.75) is 65.5 Å². The van der Waals surface area contributed by atoms with E-state index in [1.807, 2.05) is 0 Å². The third-order valence-corrected chi connectivity index (χ3v) is 5.27. The predicted octanol–water partition coefficient (Wildman–Crippen LogP) is 2.54. The average Bonchev–Trinajstić information content (AvgIpc) is 2.60. The largest absolute Gasteiger partial charge is 0.377 e. The number of carbonyl (C=O) groups is 1. The van der Waals surface area contributed by atoms with Crippen LogP contribution in [0.5, 0.6) is 0 Å². The zero-order valence-corrected chi connectivity index (χ0v) is 19.6. The summed E-state index contributed by atoms with van der Waals surface area (Å²) in [7, 11) is 0. The van der Waals surface area contributed by atoms with Crippen molar-refractivity contribution in [1.29, 1.82) is 0 Å². The molecule has 27 heavy (non-hydrogen) atoms. The Hall–Kier alpha value is -0.770. The molecule has 2 saturated heterocycles. The summed E-state index contributed by atoms with van der Waals surface area (Å²) < 4.78 is 6.07. The number of aliphatic imine (C=N–C) groups is 1. The zero-order chi connectivity index (χ0) is 19.2. The lowest BCUT2D eigenvalue weighted by atomic mass is 9.78. The molecule has 2 unspecified atom stereocenters. The third kappa shape index (κ3) is 7.63. The Morgan fingerprint density at radius 2 is 1.93 bits per heavy atom. The summed E-state index contributed by atoms with van der Waals surface area (Å²) in [5.41, 5.74) is 5.49. The minimum Gasteiger partial charge on any atom is -0.377 e. The van der Waals surface area contributed by atoms with Crippen LogP contribution in [0.3, 0.4) is 0 Å². The number of hydrogen-bond acceptors (Lipinski definition) is 3. The van der Waals surface area contributed by atoms with E-state index >= 15 is 0 Å². The molecule has 7 nitrogen and oxygen atoms in total. The molecule has 4 N–H and O–H groups in total. The quantitative estimate of drug-likeness (QED) is 0.318. The summed E-state index contributed by atoms with van der Waals surface area (Å²) in [6.45, 7) is 12.7. The fourth-order valence-electron chi connectivity index (χ4n) is 3.95. The van der Waals surface area contributed by atoms with Crippen LogP contribution in [0.25, 0.3) is 0 Å². The lowest BCUT2D eigenvalue weighted by Crippen LogP contribution is -2.51. The lowest BCUT2D eigenvalue weighted by Gasteiger charge is -2.39. The molecule has 2 aliphatic heterocycles. The second kappa shape index (κ2) is 11.3. The van der Waals surface area contributed by atoms with Crippen molar-refractivity contribution in [3.05, 3.63) is 0 Å². The Bertz CT molecular complexity index is 487. The van der Waals surface area contributed by atoms with E-state index in [0.29, 0.717) is 25.0 Å². The highest BCUT2D eigenvalue weighted by molar-refractivity contribution is 14.0. The maximum absolute atomic E-state index is 11.3. The number of piperidine rings is 1. The Balaban J connectivity index is 0.00000364. The first-order valence-corrected chi connectivity index (χ1v) is 10.0. The highest BCUT2D eigenvalue weighted by Gasteiger charge is 2.35. The predicted molar refractivity (Wildman–Crippen MR) is 121 cm³/mol. The van der Waals surface area contributed by atoms with Gasteiger partial charge >= 0.3 is 6.03 Å². The molecule has 2 atom stereocenters. The molecule has 0 aromatic rings. The van der Waals surface area contributed by atoms with Gasteiger partial charge in [0.2, 0.25) is 0 Å². The number of nitrogens with two attached hydrogens (primary N) is 1. The maximum atomic E-state index is 11.3. The normalized spacial score (nSPS) is 24.9. The lowest BCUT2D eigenvalue weighted by molar-refractivity contribution is -0.0823. The van der Waals surface area contributed by atoms with Gasteiger partial charge in [0.15, 0.2) is 5.96 Å². The van der Waals surface area contributed by atoms with Crippen LogP contribution >= 0.6 is 24.0 Å². The SMILES string of the molecule is CCNC(=NCC1CCCOC1C(C)(C)C)NC1CCN(C(N)=O)CC1.I. The van der Waals surface area contributed by atoms with E-state index in [4.69, 9.17) is 15.5 Å². The van der Waals surface area contributed by atoms with Gasteiger partial charge in [-0.3, -0.25) is 4.99 Å². The molecule has 0 spiro atoms. The highest BCUT2D eigenvalue weighted by Crippen LogP contribution is 2.34. The molecule has 0 aromatic carbocycles. The monoisotopic (exact) mass is 495 g/mol. The van der Waals surface area contributed by atoms with Crippen LogP contribution in [0.15, 0.2) is 4.99 Å². The van der Waals surface area contributed by atoms with Gasteiger partial charge in [0.05, 0.1) is 6.10 Å². The number of likely N-dealkylation sites (tertiary alicyclic amines) is 1. The first-order valence-electron chi connectivity index (χ1n) is 10.0. The third-order valence-electron chi connectivity index (χ3n) is 5.27. The van der Waals surface area contributed by atoms with Gasteiger partial charge in [0.1, 0.15) is 0 Å². The minimum absolute atomic E-state index is 0. The van der Waals surface area contributed by atoms with Gasteiger partial charge in [0.25, 0.3) is 0 Å². The maximum Gasteiger partial charge on any atom is 0.314 e. The van der Waals surface area contributed by atoms with Crippen molar-refractivity contribution in [1.82, 2.24) is 15.5 Å². The number of nitrogens with zero attached hydrogens (tertiary/aromatic N) is 2. The van der Waals surface area contributed by atoms with E-state index in [2.05, 4.69) is 38.3 Å². The summed E-state index contributed by atoms with van der Waals surface area (Å²) in [5.74, 6) is 1.32. The molecule has 0 aromatic heterocycles. The molecule has 0 saturated carbocycles. The van der Waals surface area contributed by atoms with E-state index in [0.717, 1.165) is 44.9 Å². The summed E-state index contributed by atoms with van der Waals surface area (Å²) in [4.78, 5) is 17.8. The van der Waals surface area contributed by atoms with Crippen molar-refractivity contribution >= 4 is 36.0 Å². The number of guanidine groups is 1. The van der Waals surface area contributed by atoms with Crippen molar-refractivity contribution in [3.8, 4) is 0 Å². The van der Waals surface area contributed by atoms with E-state index in [1.54, 1.807) is 4.90 Å². The van der Waals surface area contributed by atoms with Crippen molar-refractivity contribution < 1.29 is 9.53 Å². The number of rotatable bonds is 4. The van der Waals surface area contributed by atoms with Gasteiger partial charge in [-0.2, -0.15) is 0 Å². The van der Waals surface area contributed by atoms with Gasteiger partial charge in [-0.05, 0) is 38.0 Å². The summed E-state index contributed by atoms with van der Waals surface area (Å²) in [6.07, 6.45) is 4.32. The molecule has 8 heteroatoms. The van der Waals surface area contributed by atoms with E-state index in [-0.39, 0.29) is 41.5 Å². The molecule has 2 fully saturated rings. The molecule has 0 aliphatic carbocycles. The van der Waals surface area contributed by atoms with Crippen LogP contribution in [0.4, 0.5) is 4.79 Å². The Labute approximate surface area is 181 Å². The smallest absolute Gasteiger partial charge is 0.314 e. The fourth-order valence-corrected chi connectivity index (χ4v) is 3.95. The van der Waals surface area contributed by atoms with Crippen LogP contribution in [0.1, 0.15) is 53.4 Å².